The first-order valence-electron chi connectivity index (χ1n) is 10.2. The Morgan fingerprint density at radius 2 is 1.61 bits per heavy atom. The average Bonchev–Trinajstić information content (AvgIpc) is 3.55. The molecule has 7 heterocycles. The van der Waals surface area contributed by atoms with Crippen LogP contribution in [0.1, 0.15) is 11.3 Å². The Balaban J connectivity index is 1.61. The molecule has 0 fully saturated rings. The van der Waals surface area contributed by atoms with Gasteiger partial charge in [-0.15, -0.1) is 45.3 Å². The van der Waals surface area contributed by atoms with Crippen molar-refractivity contribution in [1.29, 1.82) is 0 Å². The van der Waals surface area contributed by atoms with Gasteiger partial charge in [-0.25, -0.2) is 0 Å². The molecular weight excluding hydrogens is 497 g/mol. The fourth-order valence-electron chi connectivity index (χ4n) is 5.14. The number of benzene rings is 1. The van der Waals surface area contributed by atoms with Crippen molar-refractivity contribution in [3.63, 3.8) is 0 Å². The van der Waals surface area contributed by atoms with E-state index in [1.54, 1.807) is 46.9 Å². The minimum Gasteiger partial charge on any atom is -0.508 e. The molecule has 0 unspecified atom stereocenters. The number of hydrogen-bond donors (Lipinski definition) is 1. The molecule has 0 atom stereocenters. The quantitative estimate of drug-likeness (QED) is 0.276. The number of aromatic hydroxyl groups is 1. The van der Waals surface area contributed by atoms with Crippen molar-refractivity contribution in [2.75, 3.05) is 0 Å². The Morgan fingerprint density at radius 1 is 0.879 bits per heavy atom. The third-order valence-electron chi connectivity index (χ3n) is 6.42. The van der Waals surface area contributed by atoms with E-state index in [2.05, 4.69) is 0 Å². The van der Waals surface area contributed by atoms with Crippen LogP contribution in [0.15, 0.2) is 58.9 Å². The number of aromatic nitrogens is 1. The van der Waals surface area contributed by atoms with Crippen LogP contribution in [0.5, 0.6) is 5.75 Å². The van der Waals surface area contributed by atoms with Gasteiger partial charge in [0.15, 0.2) is 11.1 Å². The van der Waals surface area contributed by atoms with E-state index in [1.807, 2.05) is 35.0 Å². The van der Waals surface area contributed by atoms with E-state index in [4.69, 9.17) is 0 Å². The van der Waals surface area contributed by atoms with Gasteiger partial charge in [-0.3, -0.25) is 0 Å². The zero-order chi connectivity index (χ0) is 22.1. The largest absolute Gasteiger partial charge is 0.738 e. The van der Waals surface area contributed by atoms with Crippen molar-refractivity contribution < 1.29 is 13.7 Å². The lowest BCUT2D eigenvalue weighted by Gasteiger charge is -2.31. The van der Waals surface area contributed by atoms with Crippen molar-refractivity contribution in [2.24, 2.45) is 0 Å². The lowest BCUT2D eigenvalue weighted by atomic mass is 9.86. The van der Waals surface area contributed by atoms with E-state index in [-0.39, 0.29) is 5.75 Å². The van der Waals surface area contributed by atoms with Crippen molar-refractivity contribution >= 4 is 93.0 Å². The predicted octanol–water partition coefficient (Wildman–Crippen LogP) is 5.88. The lowest BCUT2D eigenvalue weighted by Crippen LogP contribution is -2.56. The van der Waals surface area contributed by atoms with Gasteiger partial charge in [-0.2, -0.15) is 0 Å². The van der Waals surface area contributed by atoms with Crippen molar-refractivity contribution in [1.82, 2.24) is 8.96 Å². The molecule has 0 saturated carbocycles. The van der Waals surface area contributed by atoms with Gasteiger partial charge in [0.05, 0.1) is 19.7 Å². The molecule has 160 valence electrons. The summed E-state index contributed by atoms with van der Waals surface area (Å²) in [7, 11) is 0. The van der Waals surface area contributed by atoms with Gasteiger partial charge in [-0.05, 0) is 46.7 Å². The van der Waals surface area contributed by atoms with E-state index in [9.17, 15) is 5.11 Å². The molecule has 1 aromatic carbocycles. The number of nitrogens with zero attached hydrogens (tertiary/aromatic N) is 2. The number of phenols is 1. The summed E-state index contributed by atoms with van der Waals surface area (Å²) >= 11 is 6.15. The summed E-state index contributed by atoms with van der Waals surface area (Å²) in [6.45, 7) is -4.12. The summed E-state index contributed by atoms with van der Waals surface area (Å²) in [4.78, 5) is 0. The van der Waals surface area contributed by atoms with Gasteiger partial charge in [0.25, 0.3) is 0 Å². The number of hydrogen-bond acceptors (Lipinski definition) is 5. The highest BCUT2D eigenvalue weighted by Crippen LogP contribution is 2.46. The summed E-state index contributed by atoms with van der Waals surface area (Å²) < 4.78 is 41.5. The second-order valence-electron chi connectivity index (χ2n) is 8.17. The molecule has 0 radical (unpaired) electrons. The average molecular weight is 508 g/mol. The zero-order valence-corrected chi connectivity index (χ0v) is 19.8. The second kappa shape index (κ2) is 6.01. The third kappa shape index (κ3) is 2.20. The Kier molecular flexibility index (Phi) is 3.39. The van der Waals surface area contributed by atoms with Crippen LogP contribution in [0.3, 0.4) is 0 Å². The fraction of sp³-hybridized carbons (Fsp3) is 0. The number of rotatable bonds is 1. The van der Waals surface area contributed by atoms with Gasteiger partial charge >= 0.3 is 6.97 Å². The van der Waals surface area contributed by atoms with Crippen molar-refractivity contribution in [2.45, 2.75) is 0 Å². The van der Waals surface area contributed by atoms with Crippen molar-refractivity contribution in [3.8, 4) is 5.75 Å². The molecule has 0 bridgehead atoms. The van der Waals surface area contributed by atoms with Gasteiger partial charge < -0.3 is 22.7 Å². The van der Waals surface area contributed by atoms with E-state index in [0.29, 0.717) is 22.3 Å². The summed E-state index contributed by atoms with van der Waals surface area (Å²) in [6.07, 6.45) is 1.91. The minimum absolute atomic E-state index is 0.151. The van der Waals surface area contributed by atoms with Gasteiger partial charge in [0.2, 0.25) is 0 Å². The van der Waals surface area contributed by atoms with Gasteiger partial charge in [-0.1, -0.05) is 12.1 Å². The Labute approximate surface area is 200 Å². The molecule has 0 amide bonds. The second-order valence-corrected chi connectivity index (χ2v) is 12.2. The van der Waals surface area contributed by atoms with Crippen LogP contribution < -0.4 is 14.4 Å². The highest BCUT2D eigenvalue weighted by atomic mass is 32.1. The Morgan fingerprint density at radius 3 is 2.39 bits per heavy atom. The summed E-state index contributed by atoms with van der Waals surface area (Å²) in [6, 6.07) is 12.8. The van der Waals surface area contributed by atoms with Gasteiger partial charge in [0, 0.05) is 22.0 Å². The molecule has 8 rings (SSSR count). The maximum Gasteiger partial charge on any atom is 0.738 e. The molecule has 2 aliphatic rings. The van der Waals surface area contributed by atoms with E-state index in [1.165, 1.54) is 31.6 Å². The number of allylic oxidation sites excluding steroid dienone is 1. The Bertz CT molecular complexity index is 1970. The van der Waals surface area contributed by atoms with Crippen LogP contribution in [-0.4, -0.2) is 16.6 Å². The Hall–Kier alpha value is -2.79. The van der Waals surface area contributed by atoms with Crippen molar-refractivity contribution in [3.05, 3.63) is 80.1 Å². The fourth-order valence-corrected chi connectivity index (χ4v) is 9.73. The molecule has 1 N–H and O–H groups in total. The lowest BCUT2D eigenvalue weighted by molar-refractivity contribution is 0.475. The molecule has 0 aliphatic carbocycles. The van der Waals surface area contributed by atoms with E-state index < -0.39 is 6.97 Å². The molecule has 0 spiro atoms. The molecule has 33 heavy (non-hydrogen) atoms. The highest BCUT2D eigenvalue weighted by molar-refractivity contribution is 7.32. The maximum atomic E-state index is 16.6. The molecule has 3 nitrogen and oxygen atoms in total. The van der Waals surface area contributed by atoms with Gasteiger partial charge in [0.1, 0.15) is 15.0 Å². The molecule has 6 aromatic rings. The number of phenolic OH excluding ortho intramolecular Hbond substituents is 1. The molecule has 10 heteroatoms. The highest BCUT2D eigenvalue weighted by Gasteiger charge is 2.54. The predicted molar refractivity (Wildman–Crippen MR) is 137 cm³/mol. The van der Waals surface area contributed by atoms with E-state index >= 15 is 8.63 Å². The van der Waals surface area contributed by atoms with Crippen LogP contribution in [0.4, 0.5) is 8.63 Å². The summed E-state index contributed by atoms with van der Waals surface area (Å²) in [5.41, 5.74) is 3.25. The molecule has 2 aliphatic heterocycles. The first kappa shape index (κ1) is 18.6. The summed E-state index contributed by atoms with van der Waals surface area (Å²) in [5, 5.41) is 14.4. The smallest absolute Gasteiger partial charge is 0.508 e. The van der Waals surface area contributed by atoms with Crippen LogP contribution in [0.25, 0.3) is 40.7 Å². The molecule has 0 saturated heterocycles. The first-order chi connectivity index (χ1) is 16.0. The SMILES string of the molecule is Oc1ccc(C2=C3C=c4sc5ccsc5c4=[N+]3[B-](F)(F)n3c2cc2sc4ccsc4c23)cc1. The topological polar surface area (TPSA) is 28.2 Å². The number of halogens is 2. The molecule has 5 aromatic heterocycles. The monoisotopic (exact) mass is 508 g/mol. The number of fused-ring (bicyclic) bond motifs is 9. The van der Waals surface area contributed by atoms with E-state index in [0.717, 1.165) is 39.2 Å². The first-order valence-corrected chi connectivity index (χ1v) is 13.6. The molecular formula is C23H11BF2N2OS4. The zero-order valence-electron chi connectivity index (χ0n) is 16.6. The normalized spacial score (nSPS) is 16.6. The maximum absolute atomic E-state index is 16.6. The minimum atomic E-state index is -4.12. The van der Waals surface area contributed by atoms with Crippen LogP contribution in [0, 0.1) is 0 Å². The number of thiophene rings is 4. The van der Waals surface area contributed by atoms with Crippen LogP contribution in [0.2, 0.25) is 0 Å². The third-order valence-corrected chi connectivity index (χ3v) is 10.7. The van der Waals surface area contributed by atoms with Crippen LogP contribution in [-0.2, 0) is 0 Å². The standard InChI is InChI=1S/C23H11BF2N2OS4/c25-24(26)27-13(9-17-20(27)22-15(32-17)5-7-30-22)19(11-1-3-12(29)4-2-11)14-10-18-21(28(14)24)23-16(33-18)6-8-31-23/h1-10,29H. The van der Waals surface area contributed by atoms with Crippen LogP contribution >= 0.6 is 45.3 Å². The summed E-state index contributed by atoms with van der Waals surface area (Å²) in [5.74, 6) is 0.151.